The third-order valence-electron chi connectivity index (χ3n) is 4.85. The number of amides is 1. The minimum atomic E-state index is -0.838. The quantitative estimate of drug-likeness (QED) is 0.651. The molecule has 156 valence electrons. The maximum absolute atomic E-state index is 13.0. The van der Waals surface area contributed by atoms with Crippen LogP contribution in [0.15, 0.2) is 65.9 Å². The molecule has 0 saturated carbocycles. The third kappa shape index (κ3) is 4.21. The molecular weight excluding hydrogens is 386 g/mol. The molecule has 1 amide bonds. The molecule has 1 unspecified atom stereocenters. The first-order valence-corrected chi connectivity index (χ1v) is 9.35. The molecule has 0 fully saturated rings. The van der Waals surface area contributed by atoms with Crippen molar-refractivity contribution in [3.8, 4) is 11.5 Å². The van der Waals surface area contributed by atoms with Crippen LogP contribution in [0.1, 0.15) is 17.2 Å². The molecule has 2 aromatic carbocycles. The summed E-state index contributed by atoms with van der Waals surface area (Å²) in [5, 5.41) is 20.4. The van der Waals surface area contributed by atoms with Gasteiger partial charge in [-0.2, -0.15) is 0 Å². The molecule has 1 atom stereocenters. The van der Waals surface area contributed by atoms with Crippen LogP contribution in [0.2, 0.25) is 0 Å². The molecule has 1 aliphatic rings. The van der Waals surface area contributed by atoms with Crippen LogP contribution in [-0.2, 0) is 14.3 Å². The molecule has 30 heavy (non-hydrogen) atoms. The molecule has 0 bridgehead atoms. The Kier molecular flexibility index (Phi) is 6.54. The van der Waals surface area contributed by atoms with E-state index in [4.69, 9.17) is 9.47 Å². The summed E-state index contributed by atoms with van der Waals surface area (Å²) in [5.41, 5.74) is 1.31. The van der Waals surface area contributed by atoms with Gasteiger partial charge in [0.25, 0.3) is 5.91 Å². The maximum atomic E-state index is 13.0. The van der Waals surface area contributed by atoms with E-state index in [1.807, 2.05) is 30.3 Å². The fraction of sp³-hybridized carbons (Fsp3) is 0.217. The van der Waals surface area contributed by atoms with Crippen molar-refractivity contribution < 1.29 is 29.3 Å². The number of phenols is 1. The van der Waals surface area contributed by atoms with E-state index in [9.17, 15) is 19.8 Å². The van der Waals surface area contributed by atoms with E-state index >= 15 is 0 Å². The normalized spacial score (nSPS) is 16.5. The highest BCUT2D eigenvalue weighted by molar-refractivity contribution is 6.14. The van der Waals surface area contributed by atoms with Crippen LogP contribution in [0.4, 0.5) is 0 Å². The van der Waals surface area contributed by atoms with Gasteiger partial charge in [-0.05, 0) is 29.3 Å². The number of benzene rings is 2. The fourth-order valence-electron chi connectivity index (χ4n) is 3.36. The van der Waals surface area contributed by atoms with E-state index in [2.05, 4.69) is 0 Å². The number of aliphatic hydroxyl groups excluding tert-OH is 1. The lowest BCUT2D eigenvalue weighted by Gasteiger charge is -2.26. The standard InChI is InChI=1S/C23H23NO6/c1-29-13-12-24-21(16-9-11-17(25)19(14-16)30-2)20(22(27)23(24)28)18(26)10-8-15-6-4-3-5-7-15/h3-11,14,21,25,27H,12-13H2,1-2H3. The predicted molar refractivity (Wildman–Crippen MR) is 111 cm³/mol. The minimum absolute atomic E-state index is 0.0315. The van der Waals surface area contributed by atoms with Crippen molar-refractivity contribution in [1.82, 2.24) is 4.90 Å². The fourth-order valence-corrected chi connectivity index (χ4v) is 3.36. The molecule has 2 N–H and O–H groups in total. The molecule has 7 nitrogen and oxygen atoms in total. The zero-order valence-corrected chi connectivity index (χ0v) is 16.7. The van der Waals surface area contributed by atoms with Gasteiger partial charge in [-0.25, -0.2) is 0 Å². The van der Waals surface area contributed by atoms with E-state index < -0.39 is 23.5 Å². The zero-order valence-electron chi connectivity index (χ0n) is 16.7. The number of nitrogens with zero attached hydrogens (tertiary/aromatic N) is 1. The summed E-state index contributed by atoms with van der Waals surface area (Å²) in [5.74, 6) is -1.60. The first kappa shape index (κ1) is 21.1. The van der Waals surface area contributed by atoms with Crippen molar-refractivity contribution in [2.75, 3.05) is 27.4 Å². The van der Waals surface area contributed by atoms with Gasteiger partial charge in [0.2, 0.25) is 0 Å². The van der Waals surface area contributed by atoms with Crippen LogP contribution in [-0.4, -0.2) is 54.2 Å². The summed E-state index contributed by atoms with van der Waals surface area (Å²) >= 11 is 0. The molecule has 0 saturated heterocycles. The average molecular weight is 409 g/mol. The molecule has 2 aromatic rings. The number of ketones is 1. The van der Waals surface area contributed by atoms with Gasteiger partial charge in [-0.1, -0.05) is 42.5 Å². The monoisotopic (exact) mass is 409 g/mol. The number of aromatic hydroxyl groups is 1. The van der Waals surface area contributed by atoms with Gasteiger partial charge in [0.1, 0.15) is 0 Å². The Labute approximate surface area is 174 Å². The van der Waals surface area contributed by atoms with Crippen LogP contribution in [0, 0.1) is 0 Å². The average Bonchev–Trinajstić information content (AvgIpc) is 3.02. The van der Waals surface area contributed by atoms with E-state index in [-0.39, 0.29) is 30.2 Å². The highest BCUT2D eigenvalue weighted by Gasteiger charge is 2.42. The van der Waals surface area contributed by atoms with Crippen LogP contribution in [0.25, 0.3) is 6.08 Å². The molecular formula is C23H23NO6. The molecule has 0 aliphatic carbocycles. The van der Waals surface area contributed by atoms with Crippen LogP contribution in [0.3, 0.4) is 0 Å². The SMILES string of the molecule is COCCN1C(=O)C(O)=C(C(=O)C=Cc2ccccc2)C1c1ccc(O)c(OC)c1. The van der Waals surface area contributed by atoms with Crippen molar-refractivity contribution in [1.29, 1.82) is 0 Å². The number of carbonyl (C=O) groups is 2. The van der Waals surface area contributed by atoms with E-state index in [1.165, 1.54) is 31.3 Å². The topological polar surface area (TPSA) is 96.3 Å². The summed E-state index contributed by atoms with van der Waals surface area (Å²) in [6.07, 6.45) is 2.96. The Bertz CT molecular complexity index is 996. The maximum Gasteiger partial charge on any atom is 0.290 e. The number of hydrogen-bond donors (Lipinski definition) is 2. The van der Waals surface area contributed by atoms with Gasteiger partial charge >= 0.3 is 0 Å². The molecule has 0 spiro atoms. The van der Waals surface area contributed by atoms with E-state index in [1.54, 1.807) is 18.2 Å². The number of methoxy groups -OCH3 is 2. The highest BCUT2D eigenvalue weighted by Crippen LogP contribution is 2.40. The van der Waals surface area contributed by atoms with Crippen LogP contribution in [0.5, 0.6) is 11.5 Å². The zero-order chi connectivity index (χ0) is 21.7. The summed E-state index contributed by atoms with van der Waals surface area (Å²) in [4.78, 5) is 27.1. The Hall–Kier alpha value is -3.58. The lowest BCUT2D eigenvalue weighted by atomic mass is 9.95. The molecule has 0 radical (unpaired) electrons. The second-order valence-electron chi connectivity index (χ2n) is 6.70. The van der Waals surface area contributed by atoms with Crippen molar-refractivity contribution >= 4 is 17.8 Å². The first-order chi connectivity index (χ1) is 14.5. The summed E-state index contributed by atoms with van der Waals surface area (Å²) in [7, 11) is 2.91. The van der Waals surface area contributed by atoms with Gasteiger partial charge in [-0.3, -0.25) is 9.59 Å². The molecule has 1 aliphatic heterocycles. The van der Waals surface area contributed by atoms with Crippen molar-refractivity contribution in [2.45, 2.75) is 6.04 Å². The number of ether oxygens (including phenoxy) is 2. The van der Waals surface area contributed by atoms with Gasteiger partial charge in [-0.15, -0.1) is 0 Å². The van der Waals surface area contributed by atoms with Gasteiger partial charge in [0, 0.05) is 13.7 Å². The largest absolute Gasteiger partial charge is 0.504 e. The number of rotatable bonds is 8. The highest BCUT2D eigenvalue weighted by atomic mass is 16.5. The van der Waals surface area contributed by atoms with Gasteiger partial charge in [0.15, 0.2) is 23.0 Å². The smallest absolute Gasteiger partial charge is 0.290 e. The summed E-state index contributed by atoms with van der Waals surface area (Å²) < 4.78 is 10.2. The lowest BCUT2D eigenvalue weighted by Crippen LogP contribution is -2.33. The van der Waals surface area contributed by atoms with E-state index in [0.717, 1.165) is 5.56 Å². The van der Waals surface area contributed by atoms with Crippen LogP contribution < -0.4 is 4.74 Å². The Morgan fingerprint density at radius 2 is 1.87 bits per heavy atom. The summed E-state index contributed by atoms with van der Waals surface area (Å²) in [6.45, 7) is 0.401. The molecule has 0 aromatic heterocycles. The van der Waals surface area contributed by atoms with Gasteiger partial charge in [0.05, 0.1) is 25.3 Å². The first-order valence-electron chi connectivity index (χ1n) is 9.35. The Morgan fingerprint density at radius 3 is 2.53 bits per heavy atom. The Balaban J connectivity index is 2.02. The van der Waals surface area contributed by atoms with Crippen molar-refractivity contribution in [3.05, 3.63) is 77.1 Å². The second kappa shape index (κ2) is 9.28. The molecule has 7 heteroatoms. The number of hydrogen-bond acceptors (Lipinski definition) is 6. The lowest BCUT2D eigenvalue weighted by molar-refractivity contribution is -0.130. The van der Waals surface area contributed by atoms with Crippen molar-refractivity contribution in [2.24, 2.45) is 0 Å². The number of carbonyl (C=O) groups excluding carboxylic acids is 2. The van der Waals surface area contributed by atoms with Crippen LogP contribution >= 0.6 is 0 Å². The second-order valence-corrected chi connectivity index (χ2v) is 6.70. The van der Waals surface area contributed by atoms with Gasteiger partial charge < -0.3 is 24.6 Å². The number of aliphatic hydroxyl groups is 1. The number of phenolic OH excluding ortho intramolecular Hbond substituents is 1. The molecule has 1 heterocycles. The summed E-state index contributed by atoms with van der Waals surface area (Å²) in [6, 6.07) is 12.9. The predicted octanol–water partition coefficient (Wildman–Crippen LogP) is 3.03. The third-order valence-corrected chi connectivity index (χ3v) is 4.85. The van der Waals surface area contributed by atoms with Crippen molar-refractivity contribution in [3.63, 3.8) is 0 Å². The Morgan fingerprint density at radius 1 is 1.13 bits per heavy atom. The molecule has 3 rings (SSSR count). The minimum Gasteiger partial charge on any atom is -0.504 e. The van der Waals surface area contributed by atoms with E-state index in [0.29, 0.717) is 5.56 Å². The number of allylic oxidation sites excluding steroid dienone is 1.